The van der Waals surface area contributed by atoms with Crippen LogP contribution in [0.2, 0.25) is 0 Å². The maximum atomic E-state index is 12.2. The van der Waals surface area contributed by atoms with Crippen molar-refractivity contribution in [1.29, 1.82) is 0 Å². The van der Waals surface area contributed by atoms with Crippen molar-refractivity contribution in [1.82, 2.24) is 0 Å². The molecule has 0 bridgehead atoms. The number of aliphatic hydroxyl groups is 1. The molecule has 1 atom stereocenters. The molecule has 0 amide bonds. The first-order valence-corrected chi connectivity index (χ1v) is 11.5. The molecule has 0 aliphatic rings. The van der Waals surface area contributed by atoms with Gasteiger partial charge in [-0.1, -0.05) is 38.1 Å². The van der Waals surface area contributed by atoms with Crippen LogP contribution < -0.4 is 9.47 Å². The largest absolute Gasteiger partial charge is 0.494 e. The first-order chi connectivity index (χ1) is 14.1. The number of halogens is 1. The van der Waals surface area contributed by atoms with E-state index in [2.05, 4.69) is 18.0 Å². The van der Waals surface area contributed by atoms with E-state index < -0.39 is 22.9 Å². The zero-order valence-electron chi connectivity index (χ0n) is 17.5. The van der Waals surface area contributed by atoms with Gasteiger partial charge in [-0.2, -0.15) is 8.42 Å². The van der Waals surface area contributed by atoms with E-state index in [1.807, 2.05) is 36.4 Å². The molecular weight excluding hydrogens is 411 g/mol. The summed E-state index contributed by atoms with van der Waals surface area (Å²) in [4.78, 5) is 0. The number of benzene rings is 2. The highest BCUT2D eigenvalue weighted by Gasteiger charge is 2.23. The molecular formula is C22H29FO6S. The number of aliphatic hydroxyl groups excluding tert-OH is 1. The van der Waals surface area contributed by atoms with Gasteiger partial charge in [0.2, 0.25) is 0 Å². The topological polar surface area (TPSA) is 82.1 Å². The lowest BCUT2D eigenvalue weighted by molar-refractivity contribution is 0.0652. The molecule has 2 aromatic carbocycles. The predicted molar refractivity (Wildman–Crippen MR) is 113 cm³/mol. The average Bonchev–Trinajstić information content (AvgIpc) is 2.71. The maximum absolute atomic E-state index is 12.2. The molecule has 1 N–H and O–H groups in total. The van der Waals surface area contributed by atoms with Crippen LogP contribution in [0, 0.1) is 0 Å². The molecule has 166 valence electrons. The van der Waals surface area contributed by atoms with Crippen LogP contribution in [0.1, 0.15) is 31.4 Å². The Bertz CT molecular complexity index is 879. The van der Waals surface area contributed by atoms with Crippen molar-refractivity contribution in [3.05, 3.63) is 59.7 Å². The smallest absolute Gasteiger partial charge is 0.264 e. The van der Waals surface area contributed by atoms with Gasteiger partial charge < -0.3 is 14.6 Å². The molecule has 1 unspecified atom stereocenters. The SMILES string of the molecule is CC(C)(c1ccc(OCCCF)cc1)c1ccc(OCC(O)COS(C)(=O)=O)cc1. The van der Waals surface area contributed by atoms with E-state index in [0.717, 1.165) is 17.4 Å². The minimum Gasteiger partial charge on any atom is -0.494 e. The zero-order valence-corrected chi connectivity index (χ0v) is 18.3. The third-order valence-corrected chi connectivity index (χ3v) is 5.18. The highest BCUT2D eigenvalue weighted by atomic mass is 32.2. The number of hydrogen-bond acceptors (Lipinski definition) is 6. The van der Waals surface area contributed by atoms with Crippen LogP contribution in [-0.2, 0) is 19.7 Å². The van der Waals surface area contributed by atoms with E-state index in [9.17, 15) is 17.9 Å². The summed E-state index contributed by atoms with van der Waals surface area (Å²) in [6.07, 6.45) is 0.249. The van der Waals surface area contributed by atoms with Gasteiger partial charge >= 0.3 is 0 Å². The van der Waals surface area contributed by atoms with Crippen LogP contribution >= 0.6 is 0 Å². The Morgan fingerprint density at radius 1 is 0.933 bits per heavy atom. The van der Waals surface area contributed by atoms with Gasteiger partial charge in [0.25, 0.3) is 10.1 Å². The van der Waals surface area contributed by atoms with Crippen molar-refractivity contribution in [3.63, 3.8) is 0 Å². The van der Waals surface area contributed by atoms with Gasteiger partial charge in [0, 0.05) is 11.8 Å². The van der Waals surface area contributed by atoms with Crippen molar-refractivity contribution in [3.8, 4) is 11.5 Å². The van der Waals surface area contributed by atoms with E-state index >= 15 is 0 Å². The fourth-order valence-corrected chi connectivity index (χ4v) is 3.19. The Labute approximate surface area is 177 Å². The molecule has 0 aliphatic heterocycles. The van der Waals surface area contributed by atoms with Gasteiger partial charge in [0.05, 0.1) is 26.1 Å². The highest BCUT2D eigenvalue weighted by Crippen LogP contribution is 2.33. The normalized spacial score (nSPS) is 13.1. The highest BCUT2D eigenvalue weighted by molar-refractivity contribution is 7.85. The Hall–Kier alpha value is -2.16. The quantitative estimate of drug-likeness (QED) is 0.402. The summed E-state index contributed by atoms with van der Waals surface area (Å²) >= 11 is 0. The molecule has 0 fully saturated rings. The Kier molecular flexibility index (Phi) is 8.64. The molecule has 0 saturated heterocycles. The van der Waals surface area contributed by atoms with Crippen molar-refractivity contribution < 1.29 is 31.6 Å². The minimum absolute atomic E-state index is 0.0812. The van der Waals surface area contributed by atoms with Crippen LogP contribution in [0.5, 0.6) is 11.5 Å². The van der Waals surface area contributed by atoms with Crippen LogP contribution in [0.15, 0.2) is 48.5 Å². The number of hydrogen-bond donors (Lipinski definition) is 1. The summed E-state index contributed by atoms with van der Waals surface area (Å²) in [6.45, 7) is 3.75. The average molecular weight is 441 g/mol. The summed E-state index contributed by atoms with van der Waals surface area (Å²) in [7, 11) is -3.60. The molecule has 6 nitrogen and oxygen atoms in total. The molecule has 2 aromatic rings. The van der Waals surface area contributed by atoms with E-state index in [1.54, 1.807) is 12.1 Å². The Morgan fingerprint density at radius 3 is 1.90 bits per heavy atom. The van der Waals surface area contributed by atoms with Gasteiger partial charge in [0.1, 0.15) is 24.2 Å². The molecule has 0 aromatic heterocycles. The maximum Gasteiger partial charge on any atom is 0.264 e. The first kappa shape index (κ1) is 24.1. The van der Waals surface area contributed by atoms with Gasteiger partial charge in [-0.05, 0) is 35.4 Å². The van der Waals surface area contributed by atoms with Crippen LogP contribution in [0.3, 0.4) is 0 Å². The number of rotatable bonds is 12. The van der Waals surface area contributed by atoms with Crippen molar-refractivity contribution in [2.24, 2.45) is 0 Å². The predicted octanol–water partition coefficient (Wildman–Crippen LogP) is 3.47. The van der Waals surface area contributed by atoms with Crippen molar-refractivity contribution in [2.75, 3.05) is 32.8 Å². The van der Waals surface area contributed by atoms with Crippen LogP contribution in [0.4, 0.5) is 4.39 Å². The van der Waals surface area contributed by atoms with E-state index in [4.69, 9.17) is 9.47 Å². The summed E-state index contributed by atoms with van der Waals surface area (Å²) < 4.78 is 49.6. The zero-order chi connectivity index (χ0) is 22.2. The standard InChI is InChI=1S/C22H29FO6S/c1-22(2,17-5-9-20(10-6-17)27-14-4-13-23)18-7-11-21(12-8-18)28-15-19(24)16-29-30(3,25)26/h5-12,19,24H,4,13-16H2,1-3H3. The Balaban J connectivity index is 1.95. The summed E-state index contributed by atoms with van der Waals surface area (Å²) in [5.41, 5.74) is 1.91. The minimum atomic E-state index is -3.60. The third kappa shape index (κ3) is 7.59. The van der Waals surface area contributed by atoms with E-state index in [0.29, 0.717) is 24.5 Å². The van der Waals surface area contributed by atoms with E-state index in [-0.39, 0.29) is 18.6 Å². The fourth-order valence-electron chi connectivity index (χ4n) is 2.79. The van der Waals surface area contributed by atoms with Gasteiger partial charge in [-0.3, -0.25) is 8.57 Å². The van der Waals surface area contributed by atoms with Crippen molar-refractivity contribution >= 4 is 10.1 Å². The molecule has 0 spiro atoms. The molecule has 0 heterocycles. The molecule has 8 heteroatoms. The van der Waals surface area contributed by atoms with Gasteiger partial charge in [0.15, 0.2) is 0 Å². The lowest BCUT2D eigenvalue weighted by Gasteiger charge is -2.26. The number of alkyl halides is 1. The lowest BCUT2D eigenvalue weighted by Crippen LogP contribution is -2.25. The van der Waals surface area contributed by atoms with Crippen LogP contribution in [0.25, 0.3) is 0 Å². The van der Waals surface area contributed by atoms with Gasteiger partial charge in [-0.25, -0.2) is 0 Å². The second-order valence-corrected chi connectivity index (χ2v) is 9.16. The second-order valence-electron chi connectivity index (χ2n) is 7.52. The molecule has 2 rings (SSSR count). The second kappa shape index (κ2) is 10.7. The third-order valence-electron chi connectivity index (χ3n) is 4.62. The monoisotopic (exact) mass is 440 g/mol. The van der Waals surface area contributed by atoms with E-state index in [1.165, 1.54) is 0 Å². The fraction of sp³-hybridized carbons (Fsp3) is 0.455. The number of ether oxygens (including phenoxy) is 2. The molecule has 0 radical (unpaired) electrons. The van der Waals surface area contributed by atoms with Crippen LogP contribution in [-0.4, -0.2) is 52.4 Å². The Morgan fingerprint density at radius 2 is 1.43 bits per heavy atom. The molecule has 0 saturated carbocycles. The molecule has 0 aliphatic carbocycles. The summed E-state index contributed by atoms with van der Waals surface area (Å²) in [5.74, 6) is 1.27. The summed E-state index contributed by atoms with van der Waals surface area (Å²) in [6, 6.07) is 15.2. The van der Waals surface area contributed by atoms with Crippen molar-refractivity contribution in [2.45, 2.75) is 31.8 Å². The summed E-state index contributed by atoms with van der Waals surface area (Å²) in [5, 5.41) is 9.75. The first-order valence-electron chi connectivity index (χ1n) is 9.67. The lowest BCUT2D eigenvalue weighted by atomic mass is 9.78. The van der Waals surface area contributed by atoms with Gasteiger partial charge in [-0.15, -0.1) is 0 Å². The molecule has 30 heavy (non-hydrogen) atoms.